The molecule has 0 saturated heterocycles. The molecule has 2 N–H and O–H groups in total. The van der Waals surface area contributed by atoms with E-state index in [0.717, 1.165) is 0 Å². The smallest absolute Gasteiger partial charge is 0.254 e. The molecule has 0 radical (unpaired) electrons. The van der Waals surface area contributed by atoms with E-state index in [-0.39, 0.29) is 5.91 Å². The van der Waals surface area contributed by atoms with Gasteiger partial charge in [0.15, 0.2) is 0 Å². The number of para-hydroxylation sites is 1. The summed E-state index contributed by atoms with van der Waals surface area (Å²) in [5.74, 6) is -0.311. The number of aliphatic hydroxyl groups is 1. The van der Waals surface area contributed by atoms with Crippen LogP contribution in [0.25, 0.3) is 0 Å². The third-order valence-corrected chi connectivity index (χ3v) is 2.53. The molecule has 1 unspecified atom stereocenters. The van der Waals surface area contributed by atoms with Crippen LogP contribution in [0.1, 0.15) is 0 Å². The van der Waals surface area contributed by atoms with Crippen molar-refractivity contribution in [2.24, 2.45) is 0 Å². The summed E-state index contributed by atoms with van der Waals surface area (Å²) in [5, 5.41) is 12.5. The van der Waals surface area contributed by atoms with Crippen LogP contribution >= 0.6 is 0 Å². The van der Waals surface area contributed by atoms with E-state index in [1.165, 1.54) is 0 Å². The van der Waals surface area contributed by atoms with E-state index in [0.29, 0.717) is 16.8 Å². The van der Waals surface area contributed by atoms with Gasteiger partial charge >= 0.3 is 0 Å². The predicted octanol–water partition coefficient (Wildman–Crippen LogP) is 2.04. The molecule has 1 aliphatic rings. The zero-order valence-electron chi connectivity index (χ0n) is 9.26. The molecule has 3 nitrogen and oxygen atoms in total. The van der Waals surface area contributed by atoms with Gasteiger partial charge in [0.25, 0.3) is 5.91 Å². The fourth-order valence-electron chi connectivity index (χ4n) is 1.58. The number of carbonyl (C=O) groups is 1. The number of aliphatic hydroxyl groups excluding tert-OH is 1. The number of rotatable bonds is 2. The Morgan fingerprint density at radius 2 is 2.00 bits per heavy atom. The molecule has 1 aliphatic carbocycles. The fraction of sp³-hybridized carbons (Fsp3) is 0.0714. The molecule has 0 spiro atoms. The van der Waals surface area contributed by atoms with Crippen LogP contribution in [-0.2, 0) is 4.79 Å². The molecular formula is C14H13NO2. The molecular weight excluding hydrogens is 214 g/mol. The molecule has 0 aromatic heterocycles. The van der Waals surface area contributed by atoms with Gasteiger partial charge in [-0.2, -0.15) is 0 Å². The summed E-state index contributed by atoms with van der Waals surface area (Å²) in [7, 11) is 0. The number of benzene rings is 1. The van der Waals surface area contributed by atoms with Crippen LogP contribution in [0.2, 0.25) is 0 Å². The number of hydrogen-bond donors (Lipinski definition) is 2. The van der Waals surface area contributed by atoms with Gasteiger partial charge < -0.3 is 10.4 Å². The van der Waals surface area contributed by atoms with Gasteiger partial charge in [0, 0.05) is 5.69 Å². The summed E-state index contributed by atoms with van der Waals surface area (Å²) < 4.78 is 0. The lowest BCUT2D eigenvalue weighted by Crippen LogP contribution is -2.25. The summed E-state index contributed by atoms with van der Waals surface area (Å²) in [6, 6.07) is 9.12. The van der Waals surface area contributed by atoms with Crippen LogP contribution < -0.4 is 5.32 Å². The van der Waals surface area contributed by atoms with Gasteiger partial charge in [0.2, 0.25) is 0 Å². The highest BCUT2D eigenvalue weighted by Crippen LogP contribution is 2.19. The lowest BCUT2D eigenvalue weighted by Gasteiger charge is -2.17. The lowest BCUT2D eigenvalue weighted by atomic mass is 9.97. The van der Waals surface area contributed by atoms with Gasteiger partial charge in [0.1, 0.15) is 6.10 Å². The van der Waals surface area contributed by atoms with Crippen molar-refractivity contribution in [1.82, 2.24) is 0 Å². The van der Waals surface area contributed by atoms with E-state index >= 15 is 0 Å². The minimum absolute atomic E-state index is 0.307. The number of carbonyl (C=O) groups excluding carboxylic acids is 1. The van der Waals surface area contributed by atoms with Gasteiger partial charge in [-0.25, -0.2) is 0 Å². The Labute approximate surface area is 99.8 Å². The SMILES string of the molecule is C=C1C=CC=C(C(=O)Nc2ccccc2)C1O. The zero-order chi connectivity index (χ0) is 12.3. The molecule has 1 atom stereocenters. The first kappa shape index (κ1) is 11.4. The molecule has 2 rings (SSSR count). The van der Waals surface area contributed by atoms with Gasteiger partial charge in [-0.05, 0) is 17.7 Å². The van der Waals surface area contributed by atoms with Crippen LogP contribution in [0.15, 0.2) is 66.3 Å². The molecule has 0 fully saturated rings. The van der Waals surface area contributed by atoms with E-state index in [4.69, 9.17) is 0 Å². The number of amides is 1. The van der Waals surface area contributed by atoms with Crippen LogP contribution in [0.4, 0.5) is 5.69 Å². The molecule has 0 heterocycles. The number of hydrogen-bond acceptors (Lipinski definition) is 2. The molecule has 1 aromatic carbocycles. The van der Waals surface area contributed by atoms with Crippen molar-refractivity contribution in [3.63, 3.8) is 0 Å². The number of allylic oxidation sites excluding steroid dienone is 2. The highest BCUT2D eigenvalue weighted by Gasteiger charge is 2.21. The summed E-state index contributed by atoms with van der Waals surface area (Å²) in [5.41, 5.74) is 1.53. The highest BCUT2D eigenvalue weighted by molar-refractivity contribution is 6.05. The summed E-state index contributed by atoms with van der Waals surface area (Å²) in [6.07, 6.45) is 4.06. The van der Waals surface area contributed by atoms with Crippen LogP contribution in [0, 0.1) is 0 Å². The third kappa shape index (κ3) is 2.52. The Morgan fingerprint density at radius 3 is 2.71 bits per heavy atom. The zero-order valence-corrected chi connectivity index (χ0v) is 9.26. The van der Waals surface area contributed by atoms with E-state index in [1.807, 2.05) is 18.2 Å². The van der Waals surface area contributed by atoms with Crippen molar-refractivity contribution in [1.29, 1.82) is 0 Å². The maximum Gasteiger partial charge on any atom is 0.254 e. The molecule has 17 heavy (non-hydrogen) atoms. The van der Waals surface area contributed by atoms with E-state index in [1.54, 1.807) is 30.4 Å². The quantitative estimate of drug-likeness (QED) is 0.812. The van der Waals surface area contributed by atoms with E-state index in [9.17, 15) is 9.90 Å². The van der Waals surface area contributed by atoms with Gasteiger partial charge in [-0.1, -0.05) is 43.0 Å². The van der Waals surface area contributed by atoms with Crippen molar-refractivity contribution < 1.29 is 9.90 Å². The van der Waals surface area contributed by atoms with E-state index in [2.05, 4.69) is 11.9 Å². The van der Waals surface area contributed by atoms with Crippen LogP contribution in [0.5, 0.6) is 0 Å². The Hall–Kier alpha value is -2.13. The second-order valence-corrected chi connectivity index (χ2v) is 3.78. The minimum Gasteiger partial charge on any atom is -0.383 e. The number of nitrogens with one attached hydrogen (secondary N) is 1. The summed E-state index contributed by atoms with van der Waals surface area (Å²) in [4.78, 5) is 11.9. The summed E-state index contributed by atoms with van der Waals surface area (Å²) >= 11 is 0. The van der Waals surface area contributed by atoms with Gasteiger partial charge in [-0.3, -0.25) is 4.79 Å². The van der Waals surface area contributed by atoms with Gasteiger partial charge in [-0.15, -0.1) is 0 Å². The topological polar surface area (TPSA) is 49.3 Å². The first-order valence-electron chi connectivity index (χ1n) is 5.30. The maximum absolute atomic E-state index is 11.9. The minimum atomic E-state index is -0.927. The number of anilines is 1. The monoisotopic (exact) mass is 227 g/mol. The average Bonchev–Trinajstić information content (AvgIpc) is 2.34. The molecule has 86 valence electrons. The fourth-order valence-corrected chi connectivity index (χ4v) is 1.58. The normalized spacial score (nSPS) is 18.8. The molecule has 0 aliphatic heterocycles. The first-order chi connectivity index (χ1) is 8.18. The molecule has 0 bridgehead atoms. The lowest BCUT2D eigenvalue weighted by molar-refractivity contribution is -0.113. The van der Waals surface area contributed by atoms with Crippen molar-refractivity contribution >= 4 is 11.6 Å². The van der Waals surface area contributed by atoms with Crippen LogP contribution in [0.3, 0.4) is 0 Å². The second-order valence-electron chi connectivity index (χ2n) is 3.78. The average molecular weight is 227 g/mol. The molecule has 1 aromatic rings. The third-order valence-electron chi connectivity index (χ3n) is 2.53. The van der Waals surface area contributed by atoms with Crippen molar-refractivity contribution in [2.75, 3.05) is 5.32 Å². The second kappa shape index (κ2) is 4.80. The highest BCUT2D eigenvalue weighted by atomic mass is 16.3. The standard InChI is InChI=1S/C14H13NO2/c1-10-6-5-9-12(13(10)16)14(17)15-11-7-3-2-4-8-11/h2-9,13,16H,1H2,(H,15,17). The van der Waals surface area contributed by atoms with Crippen molar-refractivity contribution in [2.45, 2.75) is 6.10 Å². The maximum atomic E-state index is 11.9. The Balaban J connectivity index is 2.14. The Kier molecular flexibility index (Phi) is 3.21. The Morgan fingerprint density at radius 1 is 1.29 bits per heavy atom. The van der Waals surface area contributed by atoms with Crippen molar-refractivity contribution in [3.05, 3.63) is 66.3 Å². The van der Waals surface area contributed by atoms with Gasteiger partial charge in [0.05, 0.1) is 5.57 Å². The van der Waals surface area contributed by atoms with E-state index < -0.39 is 6.10 Å². The molecule has 3 heteroatoms. The predicted molar refractivity (Wildman–Crippen MR) is 67.4 cm³/mol. The largest absolute Gasteiger partial charge is 0.383 e. The Bertz CT molecular complexity index is 500. The van der Waals surface area contributed by atoms with Crippen molar-refractivity contribution in [3.8, 4) is 0 Å². The first-order valence-corrected chi connectivity index (χ1v) is 5.30. The summed E-state index contributed by atoms with van der Waals surface area (Å²) in [6.45, 7) is 3.68. The molecule has 0 saturated carbocycles. The molecule has 1 amide bonds. The van der Waals surface area contributed by atoms with Crippen LogP contribution in [-0.4, -0.2) is 17.1 Å².